The van der Waals surface area contributed by atoms with E-state index in [2.05, 4.69) is 39.5 Å². The molecule has 220 valence electrons. The minimum absolute atomic E-state index is 0.0187. The van der Waals surface area contributed by atoms with Gasteiger partial charge in [0.25, 0.3) is 5.91 Å². The van der Waals surface area contributed by atoms with Gasteiger partial charge in [-0.3, -0.25) is 14.5 Å². The number of ether oxygens (including phenoxy) is 3. The summed E-state index contributed by atoms with van der Waals surface area (Å²) in [5, 5.41) is 5.19. The number of rotatable bonds is 5. The van der Waals surface area contributed by atoms with Gasteiger partial charge in [-0.25, -0.2) is 0 Å². The van der Waals surface area contributed by atoms with Crippen LogP contribution in [0.25, 0.3) is 21.0 Å². The standard InChI is InChI=1S/C33H32N4O5S/c38-30(18-36-11-13-40-14-12-36)34-22-6-8-28-21(15-22)17-29(43-28)33(39)37-10-9-24-23-3-1-2-4-25(23)35-31(24)32(37)20-5-7-26-27(16-20)42-19-41-26/h1-8,15,17,20,32,35H,9-14,16,18-19H2,(H,34,38). The predicted octanol–water partition coefficient (Wildman–Crippen LogP) is 5.18. The lowest BCUT2D eigenvalue weighted by Gasteiger charge is -2.40. The lowest BCUT2D eigenvalue weighted by atomic mass is 9.83. The first-order valence-electron chi connectivity index (χ1n) is 14.8. The molecule has 2 aromatic carbocycles. The van der Waals surface area contributed by atoms with Gasteiger partial charge in [0.05, 0.1) is 30.7 Å². The summed E-state index contributed by atoms with van der Waals surface area (Å²) in [5.41, 5.74) is 4.22. The molecule has 9 nitrogen and oxygen atoms in total. The monoisotopic (exact) mass is 596 g/mol. The van der Waals surface area contributed by atoms with Crippen LogP contribution >= 0.6 is 11.3 Å². The molecule has 0 saturated carbocycles. The largest absolute Gasteiger partial charge is 0.458 e. The average Bonchev–Trinajstić information content (AvgIpc) is 3.77. The Bertz CT molecular complexity index is 1800. The van der Waals surface area contributed by atoms with Gasteiger partial charge in [-0.05, 0) is 53.8 Å². The van der Waals surface area contributed by atoms with Crippen LogP contribution in [-0.2, 0) is 25.4 Å². The highest BCUT2D eigenvalue weighted by atomic mass is 32.1. The Morgan fingerprint density at radius 2 is 1.93 bits per heavy atom. The third-order valence-electron chi connectivity index (χ3n) is 8.87. The molecule has 10 heteroatoms. The summed E-state index contributed by atoms with van der Waals surface area (Å²) in [7, 11) is 0. The number of hydrogen-bond acceptors (Lipinski definition) is 7. The number of carbonyl (C=O) groups excluding carboxylic acids is 2. The Kier molecular flexibility index (Phi) is 6.69. The van der Waals surface area contributed by atoms with E-state index in [9.17, 15) is 9.59 Å². The second-order valence-electron chi connectivity index (χ2n) is 11.5. The van der Waals surface area contributed by atoms with Crippen molar-refractivity contribution in [1.29, 1.82) is 0 Å². The van der Waals surface area contributed by atoms with Crippen molar-refractivity contribution in [1.82, 2.24) is 14.8 Å². The predicted molar refractivity (Wildman–Crippen MR) is 165 cm³/mol. The number of fused-ring (bicyclic) bond motifs is 4. The van der Waals surface area contributed by atoms with Gasteiger partial charge in [-0.2, -0.15) is 0 Å². The third kappa shape index (κ3) is 4.89. The second kappa shape index (κ2) is 10.9. The average molecular weight is 597 g/mol. The summed E-state index contributed by atoms with van der Waals surface area (Å²) in [5.74, 6) is 1.66. The molecule has 1 fully saturated rings. The van der Waals surface area contributed by atoms with Crippen LogP contribution in [0, 0.1) is 5.92 Å². The maximum absolute atomic E-state index is 14.3. The van der Waals surface area contributed by atoms with E-state index in [-0.39, 0.29) is 30.6 Å². The zero-order valence-electron chi connectivity index (χ0n) is 23.6. The van der Waals surface area contributed by atoms with E-state index in [4.69, 9.17) is 14.2 Å². The smallest absolute Gasteiger partial charge is 0.264 e. The quantitative estimate of drug-likeness (QED) is 0.330. The summed E-state index contributed by atoms with van der Waals surface area (Å²) in [4.78, 5) is 35.5. The van der Waals surface area contributed by atoms with Crippen LogP contribution < -0.4 is 5.32 Å². The van der Waals surface area contributed by atoms with Crippen molar-refractivity contribution in [3.63, 3.8) is 0 Å². The number of morpholine rings is 1. The van der Waals surface area contributed by atoms with E-state index in [0.717, 1.165) is 58.0 Å². The van der Waals surface area contributed by atoms with Crippen LogP contribution in [0.2, 0.25) is 0 Å². The molecule has 3 aliphatic heterocycles. The SMILES string of the molecule is O=C(CN1CCOCC1)Nc1ccc2sc(C(=O)N3CCc4c([nH]c5ccccc45)C3C3C=CC4=C(C3)OCO4)cc2c1. The number of amides is 2. The van der Waals surface area contributed by atoms with Gasteiger partial charge in [0.15, 0.2) is 5.76 Å². The molecule has 1 saturated heterocycles. The molecule has 2 unspecified atom stereocenters. The number of aromatic amines is 1. The van der Waals surface area contributed by atoms with Crippen LogP contribution in [0.5, 0.6) is 0 Å². The van der Waals surface area contributed by atoms with Crippen molar-refractivity contribution >= 4 is 49.8 Å². The van der Waals surface area contributed by atoms with E-state index in [1.807, 2.05) is 41.3 Å². The maximum atomic E-state index is 14.3. The fourth-order valence-electron chi connectivity index (χ4n) is 6.80. The van der Waals surface area contributed by atoms with E-state index in [1.165, 1.54) is 22.3 Å². The molecular formula is C33H32N4O5S. The number of carbonyl (C=O) groups is 2. The molecule has 4 aliphatic rings. The number of thiophene rings is 1. The molecule has 2 atom stereocenters. The van der Waals surface area contributed by atoms with Gasteiger partial charge < -0.3 is 29.4 Å². The molecule has 0 radical (unpaired) electrons. The first-order chi connectivity index (χ1) is 21.1. The van der Waals surface area contributed by atoms with Gasteiger partial charge in [-0.1, -0.05) is 24.3 Å². The number of allylic oxidation sites excluding steroid dienone is 2. The van der Waals surface area contributed by atoms with Crippen molar-refractivity contribution < 1.29 is 23.8 Å². The first-order valence-corrected chi connectivity index (χ1v) is 15.6. The molecule has 0 bridgehead atoms. The Labute approximate surface area is 252 Å². The Morgan fingerprint density at radius 1 is 1.05 bits per heavy atom. The lowest BCUT2D eigenvalue weighted by Crippen LogP contribution is -2.43. The van der Waals surface area contributed by atoms with E-state index < -0.39 is 0 Å². The number of H-pyrrole nitrogens is 1. The van der Waals surface area contributed by atoms with E-state index in [1.54, 1.807) is 0 Å². The van der Waals surface area contributed by atoms with Crippen molar-refractivity contribution in [3.05, 3.63) is 88.3 Å². The van der Waals surface area contributed by atoms with E-state index >= 15 is 0 Å². The molecule has 2 N–H and O–H groups in total. The van der Waals surface area contributed by atoms with Gasteiger partial charge in [0.1, 0.15) is 5.76 Å². The number of benzene rings is 2. The molecule has 43 heavy (non-hydrogen) atoms. The van der Waals surface area contributed by atoms with Crippen molar-refractivity contribution in [2.75, 3.05) is 51.5 Å². The highest BCUT2D eigenvalue weighted by Crippen LogP contribution is 2.45. The molecule has 8 rings (SSSR count). The minimum atomic E-state index is -0.168. The van der Waals surface area contributed by atoms with Gasteiger partial charge in [-0.15, -0.1) is 11.3 Å². The second-order valence-corrected chi connectivity index (χ2v) is 12.6. The molecule has 2 aromatic heterocycles. The highest BCUT2D eigenvalue weighted by Gasteiger charge is 2.40. The van der Waals surface area contributed by atoms with E-state index in [0.29, 0.717) is 37.6 Å². The van der Waals surface area contributed by atoms with Crippen LogP contribution in [-0.4, -0.2) is 72.8 Å². The van der Waals surface area contributed by atoms with Crippen molar-refractivity contribution in [2.45, 2.75) is 18.9 Å². The zero-order valence-corrected chi connectivity index (χ0v) is 24.5. The normalized spacial score (nSPS) is 21.9. The van der Waals surface area contributed by atoms with Crippen LogP contribution in [0.4, 0.5) is 5.69 Å². The van der Waals surface area contributed by atoms with Gasteiger partial charge >= 0.3 is 0 Å². The number of para-hydroxylation sites is 1. The molecular weight excluding hydrogens is 564 g/mol. The Hall–Kier alpha value is -4.12. The van der Waals surface area contributed by atoms with Crippen molar-refractivity contribution in [2.24, 2.45) is 5.92 Å². The lowest BCUT2D eigenvalue weighted by molar-refractivity contribution is -0.118. The maximum Gasteiger partial charge on any atom is 0.264 e. The minimum Gasteiger partial charge on any atom is -0.458 e. The fraction of sp³-hybridized carbons (Fsp3) is 0.333. The van der Waals surface area contributed by atoms with Gasteiger partial charge in [0, 0.05) is 59.0 Å². The highest BCUT2D eigenvalue weighted by molar-refractivity contribution is 7.20. The van der Waals surface area contributed by atoms with Crippen LogP contribution in [0.15, 0.2) is 72.2 Å². The zero-order chi connectivity index (χ0) is 28.9. The Morgan fingerprint density at radius 3 is 2.84 bits per heavy atom. The van der Waals surface area contributed by atoms with Crippen molar-refractivity contribution in [3.8, 4) is 0 Å². The number of nitrogens with one attached hydrogen (secondary N) is 2. The van der Waals surface area contributed by atoms with Gasteiger partial charge in [0.2, 0.25) is 12.7 Å². The molecule has 2 amide bonds. The summed E-state index contributed by atoms with van der Waals surface area (Å²) in [6.45, 7) is 4.04. The van der Waals surface area contributed by atoms with Crippen LogP contribution in [0.3, 0.4) is 0 Å². The summed E-state index contributed by atoms with van der Waals surface area (Å²) in [6.07, 6.45) is 5.62. The number of nitrogens with zero attached hydrogens (tertiary/aromatic N) is 2. The number of aromatic nitrogens is 1. The third-order valence-corrected chi connectivity index (χ3v) is 9.97. The summed E-state index contributed by atoms with van der Waals surface area (Å²) < 4.78 is 17.8. The van der Waals surface area contributed by atoms with Crippen LogP contribution in [0.1, 0.15) is 33.4 Å². The molecule has 5 heterocycles. The first kappa shape index (κ1) is 26.5. The fourth-order valence-corrected chi connectivity index (χ4v) is 7.80. The summed E-state index contributed by atoms with van der Waals surface area (Å²) in [6, 6.07) is 16.0. The Balaban J connectivity index is 1.08. The molecule has 1 aliphatic carbocycles. The number of anilines is 1. The number of hydrogen-bond donors (Lipinski definition) is 2. The molecule has 0 spiro atoms. The molecule has 4 aromatic rings. The topological polar surface area (TPSA) is 96.1 Å². The summed E-state index contributed by atoms with van der Waals surface area (Å²) >= 11 is 1.50.